The average molecular weight is 1170 g/mol. The number of ether oxygens (including phenoxy) is 6. The third kappa shape index (κ3) is 12.4. The Kier molecular flexibility index (Phi) is 20.4. The van der Waals surface area contributed by atoms with E-state index in [4.69, 9.17) is 40.0 Å². The van der Waals surface area contributed by atoms with Gasteiger partial charge in [0.15, 0.2) is 18.4 Å². The number of aliphatic hydroxyl groups excluding tert-OH is 4. The summed E-state index contributed by atoms with van der Waals surface area (Å²) in [4.78, 5) is 44.5. The van der Waals surface area contributed by atoms with Crippen LogP contribution in [0.3, 0.4) is 0 Å². The van der Waals surface area contributed by atoms with Crippen molar-refractivity contribution in [2.45, 2.75) is 249 Å². The van der Waals surface area contributed by atoms with E-state index in [1.807, 2.05) is 58.5 Å². The molecule has 4 unspecified atom stereocenters. The van der Waals surface area contributed by atoms with Crippen molar-refractivity contribution in [3.8, 4) is 0 Å². The van der Waals surface area contributed by atoms with Crippen LogP contribution >= 0.6 is 11.6 Å². The molecule has 3 heterocycles. The second kappa shape index (κ2) is 24.9. The third-order valence-electron chi connectivity index (χ3n) is 21.2. The number of nitrogens with one attached hydrogen (secondary N) is 1. The van der Waals surface area contributed by atoms with Crippen LogP contribution in [0.4, 0.5) is 4.39 Å². The molecule has 2 saturated carbocycles. The van der Waals surface area contributed by atoms with Gasteiger partial charge in [-0.15, -0.1) is 11.6 Å². The summed E-state index contributed by atoms with van der Waals surface area (Å²) in [5.74, 6) is -5.13. The lowest BCUT2D eigenvalue weighted by atomic mass is 9.46. The molecule has 7 rings (SSSR count). The van der Waals surface area contributed by atoms with Crippen molar-refractivity contribution in [3.63, 3.8) is 0 Å². The minimum Gasteiger partial charge on any atom is -0.459 e. The quantitative estimate of drug-likeness (QED) is 0.0717. The maximum absolute atomic E-state index is 16.2. The van der Waals surface area contributed by atoms with Gasteiger partial charge in [0.1, 0.15) is 35.8 Å². The van der Waals surface area contributed by atoms with Gasteiger partial charge in [0, 0.05) is 75.3 Å². The van der Waals surface area contributed by atoms with E-state index in [1.54, 1.807) is 54.5 Å². The molecule has 0 spiro atoms. The number of esters is 1. The van der Waals surface area contributed by atoms with Gasteiger partial charge in [0.25, 0.3) is 0 Å². The lowest BCUT2D eigenvalue weighted by Gasteiger charge is -2.62. The molecule has 0 bridgehead atoms. The Bertz CT molecular complexity index is 2310. The number of likely N-dealkylation sites (N-methyl/N-ethyl adjacent to an activating group) is 1. The van der Waals surface area contributed by atoms with Crippen LogP contribution in [0.25, 0.3) is 0 Å². The highest BCUT2D eigenvalue weighted by Crippen LogP contribution is 2.71. The largest absolute Gasteiger partial charge is 0.459 e. The third-order valence-corrected chi connectivity index (χ3v) is 22.2. The number of cyclic esters (lactones) is 1. The molecule has 0 radical (unpaired) electrons. The second-order valence-electron chi connectivity index (χ2n) is 27.5. The van der Waals surface area contributed by atoms with Crippen molar-refractivity contribution in [1.29, 1.82) is 0 Å². The first-order valence-electron chi connectivity index (χ1n) is 30.1. The molecule has 5 fully saturated rings. The van der Waals surface area contributed by atoms with E-state index in [0.29, 0.717) is 31.4 Å². The zero-order valence-electron chi connectivity index (χ0n) is 51.2. The molecule has 0 aromatic heterocycles. The average Bonchev–Trinajstić information content (AvgIpc) is 3.80. The van der Waals surface area contributed by atoms with Crippen molar-refractivity contribution in [3.05, 3.63) is 23.6 Å². The minimum absolute atomic E-state index is 0.0121. The number of nitrogens with zero attached hydrogens (tertiary/aromatic N) is 2. The van der Waals surface area contributed by atoms with Gasteiger partial charge in [-0.25, -0.2) is 4.39 Å². The fourth-order valence-electron chi connectivity index (χ4n) is 16.6. The first kappa shape index (κ1) is 66.3. The van der Waals surface area contributed by atoms with Crippen molar-refractivity contribution in [2.75, 3.05) is 40.8 Å². The standard InChI is InChI=1S/C61H101ClFN3O15/c1-17-45-60(13,75)50(70)36(7)66(22-18-21-64-53(72)47-32(3)23-39-40-26-42(63)41-25-38(67)19-20-57(41,10)61(40,62)44(68)28-56(39,47)9)30-31(2)27-58(11,74)52(81-55-48(69)43(65(14)15)24-33(4)77-55)34(5)49(35(6)54(73)79-45)80-46-29-59(12,76-16)51(71)37(8)78-46/h19-20,31-37,39-40,43-52,55,68-71,74-75H,17-18,21-30H2,1-16H3,(H,64,72)/t31-,32-,33-,34+,35-,36-,37?,39?,40?,43-,44+,45-,46-,47-,48-,49?,50-,51-,52-,55+,56+,57+,58-,59+,60-,61+/m1/s1. The molecular weight excluding hydrogens is 1070 g/mol. The lowest BCUT2D eigenvalue weighted by Crippen LogP contribution is -2.66. The van der Waals surface area contributed by atoms with Gasteiger partial charge in [0.2, 0.25) is 5.91 Å². The van der Waals surface area contributed by atoms with Crippen LogP contribution in [0.2, 0.25) is 0 Å². The van der Waals surface area contributed by atoms with Crippen LogP contribution < -0.4 is 5.32 Å². The molecule has 81 heavy (non-hydrogen) atoms. The summed E-state index contributed by atoms with van der Waals surface area (Å²) in [6.45, 7) is 24.1. The highest BCUT2D eigenvalue weighted by molar-refractivity contribution is 6.26. The molecule has 4 aliphatic carbocycles. The predicted molar refractivity (Wildman–Crippen MR) is 302 cm³/mol. The van der Waals surface area contributed by atoms with Crippen molar-refractivity contribution < 1.29 is 77.8 Å². The smallest absolute Gasteiger partial charge is 0.311 e. The number of alkyl halides is 1. The molecule has 3 aliphatic heterocycles. The highest BCUT2D eigenvalue weighted by atomic mass is 35.5. The van der Waals surface area contributed by atoms with Gasteiger partial charge >= 0.3 is 5.97 Å². The summed E-state index contributed by atoms with van der Waals surface area (Å²) in [6.07, 6.45) is -6.41. The molecule has 20 heteroatoms. The Hall–Kier alpha value is -2.21. The zero-order chi connectivity index (χ0) is 60.4. The van der Waals surface area contributed by atoms with E-state index in [9.17, 15) is 45.0 Å². The normalized spacial score (nSPS) is 49.5. The molecule has 464 valence electrons. The number of halogens is 2. The molecule has 7 aliphatic rings. The van der Waals surface area contributed by atoms with E-state index >= 15 is 4.39 Å². The highest BCUT2D eigenvalue weighted by Gasteiger charge is 2.71. The Morgan fingerprint density at radius 3 is 2.22 bits per heavy atom. The van der Waals surface area contributed by atoms with E-state index < -0.39 is 130 Å². The minimum atomic E-state index is -1.98. The molecule has 26 atom stereocenters. The zero-order valence-corrected chi connectivity index (χ0v) is 52.0. The van der Waals surface area contributed by atoms with Crippen LogP contribution in [0.1, 0.15) is 148 Å². The van der Waals surface area contributed by atoms with Gasteiger partial charge in [0.05, 0.1) is 52.5 Å². The Morgan fingerprint density at radius 1 is 0.926 bits per heavy atom. The SMILES string of the molecule is CC[C@H]1OC(=O)[C@H](C)C(O[C@@H]2C[C@](C)(OC)[C@H](O)C(C)O2)[C@H](C)[C@@H](O[C@@H]2O[C@H](C)C[C@@H](N(C)C)[C@H]2O)[C@](C)(O)C[C@@H](C)CN(CCCNC(=O)[C@H]2[C@H](C)CC3C4CC(F)=C5CC(=O)C=C[C@]5(C)[C@@]4(Cl)[C@@H](O)C[C@@]32C)[C@H](C)[C@@H](O)[C@]1(C)O. The monoisotopic (exact) mass is 1170 g/mol. The van der Waals surface area contributed by atoms with Crippen LogP contribution in [0.15, 0.2) is 23.6 Å². The molecule has 0 aromatic carbocycles. The van der Waals surface area contributed by atoms with Gasteiger partial charge in [-0.2, -0.15) is 0 Å². The van der Waals surface area contributed by atoms with Crippen LogP contribution in [0, 0.1) is 52.3 Å². The van der Waals surface area contributed by atoms with Crippen LogP contribution in [0.5, 0.6) is 0 Å². The number of hydrogen-bond donors (Lipinski definition) is 7. The maximum atomic E-state index is 16.2. The number of fused-ring (bicyclic) bond motifs is 5. The summed E-state index contributed by atoms with van der Waals surface area (Å²) in [6, 6.07) is -1.11. The number of rotatable bonds is 12. The summed E-state index contributed by atoms with van der Waals surface area (Å²) >= 11 is 7.62. The second-order valence-corrected chi connectivity index (χ2v) is 28.2. The Balaban J connectivity index is 1.15. The van der Waals surface area contributed by atoms with E-state index in [1.165, 1.54) is 20.1 Å². The van der Waals surface area contributed by atoms with Gasteiger partial charge in [-0.3, -0.25) is 19.3 Å². The first-order chi connectivity index (χ1) is 37.5. The Morgan fingerprint density at radius 2 is 1.59 bits per heavy atom. The topological polar surface area (TPSA) is 246 Å². The molecular formula is C61H101ClFN3O15. The molecule has 0 aromatic rings. The lowest BCUT2D eigenvalue weighted by molar-refractivity contribution is -0.318. The molecule has 18 nitrogen and oxygen atoms in total. The molecule has 1 amide bonds. The summed E-state index contributed by atoms with van der Waals surface area (Å²) in [5, 5.41) is 76.1. The summed E-state index contributed by atoms with van der Waals surface area (Å²) in [7, 11) is 5.23. The number of methoxy groups -OCH3 is 1. The fraction of sp³-hybridized carbons (Fsp3) is 0.885. The van der Waals surface area contributed by atoms with Gasteiger partial charge in [-0.05, 0) is 142 Å². The number of allylic oxidation sites excluding steroid dienone is 4. The first-order valence-corrected chi connectivity index (χ1v) is 30.4. The van der Waals surface area contributed by atoms with Crippen LogP contribution in [-0.4, -0.2) is 200 Å². The number of carbonyl (C=O) groups excluding carboxylic acids is 3. The number of hydrogen-bond acceptors (Lipinski definition) is 17. The van der Waals surface area contributed by atoms with E-state index in [-0.39, 0.29) is 99.0 Å². The van der Waals surface area contributed by atoms with Crippen molar-refractivity contribution >= 4 is 29.3 Å². The fourth-order valence-corrected chi connectivity index (χ4v) is 17.1. The summed E-state index contributed by atoms with van der Waals surface area (Å²) in [5.41, 5.74) is -6.25. The number of carbonyl (C=O) groups is 3. The van der Waals surface area contributed by atoms with Gasteiger partial charge < -0.3 is 69.3 Å². The van der Waals surface area contributed by atoms with Crippen molar-refractivity contribution in [1.82, 2.24) is 15.1 Å². The van der Waals surface area contributed by atoms with Gasteiger partial charge in [-0.1, -0.05) is 47.6 Å². The summed E-state index contributed by atoms with van der Waals surface area (Å²) < 4.78 is 54.5. The molecule has 3 saturated heterocycles. The van der Waals surface area contributed by atoms with E-state index in [2.05, 4.69) is 5.32 Å². The Labute approximate surface area is 486 Å². The number of aliphatic hydroxyl groups is 6. The number of ketones is 1. The van der Waals surface area contributed by atoms with E-state index in [0.717, 1.165) is 0 Å². The van der Waals surface area contributed by atoms with Crippen LogP contribution in [-0.2, 0) is 42.8 Å². The van der Waals surface area contributed by atoms with Crippen molar-refractivity contribution in [2.24, 2.45) is 52.3 Å². The maximum Gasteiger partial charge on any atom is 0.311 e. The molecule has 7 N–H and O–H groups in total. The predicted octanol–water partition coefficient (Wildman–Crippen LogP) is 5.58. The number of amides is 1.